The predicted octanol–water partition coefficient (Wildman–Crippen LogP) is 2.28. The predicted molar refractivity (Wildman–Crippen MR) is 68.7 cm³/mol. The second-order valence-corrected chi connectivity index (χ2v) is 6.02. The van der Waals surface area contributed by atoms with Gasteiger partial charge in [0.25, 0.3) is 0 Å². The summed E-state index contributed by atoms with van der Waals surface area (Å²) in [6.07, 6.45) is 4.47. The van der Waals surface area contributed by atoms with Crippen LogP contribution in [0.2, 0.25) is 0 Å². The summed E-state index contributed by atoms with van der Waals surface area (Å²) in [5, 5.41) is 2.85. The van der Waals surface area contributed by atoms with Crippen molar-refractivity contribution in [3.63, 3.8) is 0 Å². The number of carbonyl (C=O) groups is 1. The van der Waals surface area contributed by atoms with Crippen molar-refractivity contribution in [2.75, 3.05) is 13.1 Å². The molecule has 4 nitrogen and oxygen atoms in total. The van der Waals surface area contributed by atoms with E-state index in [1.165, 1.54) is 19.3 Å². The van der Waals surface area contributed by atoms with E-state index in [2.05, 4.69) is 5.32 Å². The molecule has 0 bridgehead atoms. The van der Waals surface area contributed by atoms with Gasteiger partial charge in [0.1, 0.15) is 5.60 Å². The van der Waals surface area contributed by atoms with E-state index in [4.69, 9.17) is 10.5 Å². The molecule has 17 heavy (non-hydrogen) atoms. The number of hydrogen-bond donors (Lipinski definition) is 2. The van der Waals surface area contributed by atoms with Gasteiger partial charge in [0.2, 0.25) is 0 Å². The Hall–Kier alpha value is -0.770. The molecule has 0 unspecified atom stereocenters. The molecule has 0 aromatic carbocycles. The van der Waals surface area contributed by atoms with Crippen molar-refractivity contribution in [3.8, 4) is 0 Å². The van der Waals surface area contributed by atoms with Crippen LogP contribution in [-0.4, -0.2) is 24.8 Å². The van der Waals surface area contributed by atoms with E-state index < -0.39 is 5.60 Å². The number of nitrogens with two attached hydrogens (primary N) is 1. The summed E-state index contributed by atoms with van der Waals surface area (Å²) < 4.78 is 5.21. The fraction of sp³-hybridized carbons (Fsp3) is 0.923. The maximum absolute atomic E-state index is 11.5. The average molecular weight is 242 g/mol. The molecule has 0 saturated heterocycles. The smallest absolute Gasteiger partial charge is 0.407 e. The second kappa shape index (κ2) is 6.24. The molecule has 1 aliphatic rings. The molecule has 3 N–H and O–H groups in total. The molecule has 1 saturated carbocycles. The van der Waals surface area contributed by atoms with Gasteiger partial charge in [0.05, 0.1) is 0 Å². The zero-order valence-corrected chi connectivity index (χ0v) is 11.3. The Kier molecular flexibility index (Phi) is 5.25. The van der Waals surface area contributed by atoms with Crippen LogP contribution in [0.1, 0.15) is 46.5 Å². The maximum Gasteiger partial charge on any atom is 0.407 e. The van der Waals surface area contributed by atoms with E-state index in [0.29, 0.717) is 18.4 Å². The molecule has 0 heterocycles. The molecule has 0 radical (unpaired) electrons. The minimum Gasteiger partial charge on any atom is -0.444 e. The summed E-state index contributed by atoms with van der Waals surface area (Å²) in [6.45, 7) is 7.10. The summed E-state index contributed by atoms with van der Waals surface area (Å²) in [5.41, 5.74) is 5.27. The van der Waals surface area contributed by atoms with Gasteiger partial charge >= 0.3 is 6.09 Å². The van der Waals surface area contributed by atoms with E-state index in [0.717, 1.165) is 13.0 Å². The lowest BCUT2D eigenvalue weighted by molar-refractivity contribution is 0.0512. The SMILES string of the molecule is CC(C)(C)OC(=O)NC[C@@H]1CCC[C@@H](CN)C1. The van der Waals surface area contributed by atoms with Crippen molar-refractivity contribution in [3.05, 3.63) is 0 Å². The largest absolute Gasteiger partial charge is 0.444 e. The highest BCUT2D eigenvalue weighted by molar-refractivity contribution is 5.67. The van der Waals surface area contributed by atoms with Crippen LogP contribution in [0.3, 0.4) is 0 Å². The highest BCUT2D eigenvalue weighted by Gasteiger charge is 2.22. The maximum atomic E-state index is 11.5. The molecular weight excluding hydrogens is 216 g/mol. The lowest BCUT2D eigenvalue weighted by Gasteiger charge is -2.28. The van der Waals surface area contributed by atoms with Crippen molar-refractivity contribution in [1.29, 1.82) is 0 Å². The van der Waals surface area contributed by atoms with E-state index in [9.17, 15) is 4.79 Å². The molecule has 1 amide bonds. The number of rotatable bonds is 3. The molecule has 1 aliphatic carbocycles. The molecular formula is C13H26N2O2. The molecule has 0 aromatic heterocycles. The van der Waals surface area contributed by atoms with Gasteiger partial charge in [-0.1, -0.05) is 6.42 Å². The van der Waals surface area contributed by atoms with Crippen LogP contribution in [0.25, 0.3) is 0 Å². The normalized spacial score (nSPS) is 25.4. The molecule has 0 aromatic rings. The van der Waals surface area contributed by atoms with Gasteiger partial charge in [0, 0.05) is 6.54 Å². The van der Waals surface area contributed by atoms with Crippen molar-refractivity contribution < 1.29 is 9.53 Å². The van der Waals surface area contributed by atoms with Gasteiger partial charge in [-0.25, -0.2) is 4.79 Å². The molecule has 1 fully saturated rings. The Morgan fingerprint density at radius 1 is 1.35 bits per heavy atom. The summed E-state index contributed by atoms with van der Waals surface area (Å²) >= 11 is 0. The molecule has 0 aliphatic heterocycles. The first-order chi connectivity index (χ1) is 7.90. The van der Waals surface area contributed by atoms with Gasteiger partial charge in [-0.3, -0.25) is 0 Å². The van der Waals surface area contributed by atoms with Crippen molar-refractivity contribution >= 4 is 6.09 Å². The third-order valence-electron chi connectivity index (χ3n) is 3.16. The topological polar surface area (TPSA) is 64.3 Å². The van der Waals surface area contributed by atoms with Crippen LogP contribution in [0.4, 0.5) is 4.79 Å². The monoisotopic (exact) mass is 242 g/mol. The third-order valence-corrected chi connectivity index (χ3v) is 3.16. The minimum absolute atomic E-state index is 0.313. The minimum atomic E-state index is -0.420. The van der Waals surface area contributed by atoms with E-state index in [1.54, 1.807) is 0 Å². The number of carbonyl (C=O) groups excluding carboxylic acids is 1. The number of alkyl carbamates (subject to hydrolysis) is 1. The van der Waals surface area contributed by atoms with Crippen LogP contribution >= 0.6 is 0 Å². The molecule has 4 heteroatoms. The zero-order valence-electron chi connectivity index (χ0n) is 11.3. The zero-order chi connectivity index (χ0) is 12.9. The fourth-order valence-corrected chi connectivity index (χ4v) is 2.34. The van der Waals surface area contributed by atoms with Crippen LogP contribution in [-0.2, 0) is 4.74 Å². The first-order valence-corrected chi connectivity index (χ1v) is 6.57. The number of nitrogens with one attached hydrogen (secondary N) is 1. The number of hydrogen-bond acceptors (Lipinski definition) is 3. The Bertz CT molecular complexity index is 248. The van der Waals surface area contributed by atoms with Crippen LogP contribution in [0, 0.1) is 11.8 Å². The lowest BCUT2D eigenvalue weighted by Crippen LogP contribution is -2.37. The summed E-state index contributed by atoms with van der Waals surface area (Å²) in [7, 11) is 0. The Labute approximate surface area is 104 Å². The quantitative estimate of drug-likeness (QED) is 0.798. The fourth-order valence-electron chi connectivity index (χ4n) is 2.34. The lowest BCUT2D eigenvalue weighted by atomic mass is 9.81. The van der Waals surface area contributed by atoms with Crippen LogP contribution in [0.5, 0.6) is 0 Å². The highest BCUT2D eigenvalue weighted by Crippen LogP contribution is 2.27. The third kappa shape index (κ3) is 5.91. The second-order valence-electron chi connectivity index (χ2n) is 6.02. The van der Waals surface area contributed by atoms with Gasteiger partial charge in [-0.05, 0) is 58.4 Å². The summed E-state index contributed by atoms with van der Waals surface area (Å²) in [6, 6.07) is 0. The van der Waals surface area contributed by atoms with Gasteiger partial charge in [-0.15, -0.1) is 0 Å². The first-order valence-electron chi connectivity index (χ1n) is 6.57. The van der Waals surface area contributed by atoms with Crippen molar-refractivity contribution in [2.45, 2.75) is 52.1 Å². The molecule has 100 valence electrons. The van der Waals surface area contributed by atoms with Crippen LogP contribution < -0.4 is 11.1 Å². The highest BCUT2D eigenvalue weighted by atomic mass is 16.6. The van der Waals surface area contributed by atoms with Crippen molar-refractivity contribution in [1.82, 2.24) is 5.32 Å². The number of ether oxygens (including phenoxy) is 1. The summed E-state index contributed by atoms with van der Waals surface area (Å²) in [5.74, 6) is 1.19. The number of amides is 1. The standard InChI is InChI=1S/C13H26N2O2/c1-13(2,3)17-12(16)15-9-11-6-4-5-10(7-11)8-14/h10-11H,4-9,14H2,1-3H3,(H,15,16)/t10-,11-/m1/s1. The van der Waals surface area contributed by atoms with Gasteiger partial charge in [0.15, 0.2) is 0 Å². The molecule has 1 rings (SSSR count). The molecule has 2 atom stereocenters. The van der Waals surface area contributed by atoms with E-state index >= 15 is 0 Å². The van der Waals surface area contributed by atoms with E-state index in [-0.39, 0.29) is 6.09 Å². The Balaban J connectivity index is 2.23. The first kappa shape index (κ1) is 14.3. The summed E-state index contributed by atoms with van der Waals surface area (Å²) in [4.78, 5) is 11.5. The van der Waals surface area contributed by atoms with Gasteiger partial charge in [-0.2, -0.15) is 0 Å². The van der Waals surface area contributed by atoms with Crippen molar-refractivity contribution in [2.24, 2.45) is 17.6 Å². The Morgan fingerprint density at radius 3 is 2.59 bits per heavy atom. The molecule has 0 spiro atoms. The Morgan fingerprint density at radius 2 is 2.00 bits per heavy atom. The van der Waals surface area contributed by atoms with E-state index in [1.807, 2.05) is 20.8 Å². The average Bonchev–Trinajstić information content (AvgIpc) is 2.24. The van der Waals surface area contributed by atoms with Gasteiger partial charge < -0.3 is 15.8 Å². The van der Waals surface area contributed by atoms with Crippen LogP contribution in [0.15, 0.2) is 0 Å².